The van der Waals surface area contributed by atoms with Crippen LogP contribution in [-0.2, 0) is 54.5 Å². The molecule has 6 aromatic rings. The van der Waals surface area contributed by atoms with Crippen LogP contribution in [0, 0.1) is 0 Å². The fourth-order valence-electron chi connectivity index (χ4n) is 9.47. The minimum absolute atomic E-state index is 0. The van der Waals surface area contributed by atoms with Gasteiger partial charge in [-0.2, -0.15) is 8.75 Å². The largest absolute Gasteiger partial charge is 2.00 e. The van der Waals surface area contributed by atoms with Crippen molar-refractivity contribution in [3.05, 3.63) is 105 Å². The van der Waals surface area contributed by atoms with Crippen molar-refractivity contribution in [3.8, 4) is 0 Å². The Balaban J connectivity index is 0.000000188. The first-order chi connectivity index (χ1) is 33.8. The van der Waals surface area contributed by atoms with Gasteiger partial charge in [0.05, 0.1) is 33.6 Å². The van der Waals surface area contributed by atoms with Crippen LogP contribution in [0.4, 0.5) is 23.0 Å². The molecule has 2 aromatic heterocycles. The molecule has 364 valence electrons. The van der Waals surface area contributed by atoms with E-state index in [1.807, 2.05) is 36.4 Å². The van der Waals surface area contributed by atoms with Crippen molar-refractivity contribution in [1.29, 1.82) is 0 Å². The number of anilines is 4. The smallest absolute Gasteiger partial charge is 0.550 e. The summed E-state index contributed by atoms with van der Waals surface area (Å²) in [4.78, 5) is 82.6. The van der Waals surface area contributed by atoms with Crippen molar-refractivity contribution in [2.75, 3.05) is 85.0 Å². The molecule has 4 aliphatic rings. The number of amides is 4. The molecule has 16 nitrogen and oxygen atoms in total. The van der Waals surface area contributed by atoms with Gasteiger partial charge in [-0.25, -0.2) is 9.80 Å². The predicted molar refractivity (Wildman–Crippen MR) is 273 cm³/mol. The fourth-order valence-corrected chi connectivity index (χ4v) is 11.6. The zero-order valence-corrected chi connectivity index (χ0v) is 46.4. The summed E-state index contributed by atoms with van der Waals surface area (Å²) >= 11 is 16.1. The van der Waals surface area contributed by atoms with Gasteiger partial charge in [-0.05, 0) is 107 Å². The Kier molecular flexibility index (Phi) is 17.6. The van der Waals surface area contributed by atoms with Crippen LogP contribution in [0.1, 0.15) is 47.9 Å². The summed E-state index contributed by atoms with van der Waals surface area (Å²) in [5.74, 6) is -2.33. The third-order valence-electron chi connectivity index (χ3n) is 13.2. The van der Waals surface area contributed by atoms with E-state index in [0.717, 1.165) is 122 Å². The molecule has 4 aromatic carbocycles. The van der Waals surface area contributed by atoms with Crippen molar-refractivity contribution in [3.63, 3.8) is 0 Å². The van der Waals surface area contributed by atoms with Crippen molar-refractivity contribution >= 4 is 174 Å². The number of carbonyl (C=O) groups is 6. The molecule has 4 aliphatic heterocycles. The third-order valence-corrected chi connectivity index (χ3v) is 15.5. The number of nitrogens with zero attached hydrogens (tertiary/aromatic N) is 8. The Bertz CT molecular complexity index is 2810. The van der Waals surface area contributed by atoms with Crippen LogP contribution in [0.25, 0.3) is 20.2 Å². The maximum Gasteiger partial charge on any atom is 2.00 e. The van der Waals surface area contributed by atoms with E-state index in [1.165, 1.54) is 43.2 Å². The standard InChI is InChI=1S/2C25H25ClN4O4S.Ba/c2*26-19-15-20-17(14-23(32)30(20)22(31)5-6-24(33)34)13-16(19)7-8-28-9-11-29(12-10-28)25-18-3-1-2-4-21(18)35-27-25;/h2*1-4,13,15H,5-12,14H2,(H,33,34);/q;;+2/p-2. The molecule has 6 heterocycles. The van der Waals surface area contributed by atoms with Gasteiger partial charge in [-0.3, -0.25) is 29.0 Å². The van der Waals surface area contributed by atoms with Crippen LogP contribution in [-0.4, -0.2) is 168 Å². The number of imide groups is 2. The number of aliphatic carboxylic acids is 2. The number of piperazine rings is 2. The number of carboxylic acid groups (broad SMARTS) is 2. The van der Waals surface area contributed by atoms with E-state index in [4.69, 9.17) is 23.2 Å². The van der Waals surface area contributed by atoms with Gasteiger partial charge in [0.15, 0.2) is 0 Å². The summed E-state index contributed by atoms with van der Waals surface area (Å²) in [7, 11) is 0. The molecule has 21 heteroatoms. The summed E-state index contributed by atoms with van der Waals surface area (Å²) in [6, 6.07) is 23.7. The minimum Gasteiger partial charge on any atom is -0.550 e. The molecular formula is C50H48BaCl2N8O8S2. The maximum absolute atomic E-state index is 12.4. The molecule has 0 aliphatic carbocycles. The summed E-state index contributed by atoms with van der Waals surface area (Å²) in [6.45, 7) is 9.00. The first kappa shape index (κ1) is 52.9. The summed E-state index contributed by atoms with van der Waals surface area (Å²) in [5.41, 5.74) is 4.28. The number of rotatable bonds is 14. The molecule has 71 heavy (non-hydrogen) atoms. The van der Waals surface area contributed by atoms with Crippen LogP contribution < -0.4 is 29.8 Å². The molecule has 0 unspecified atom stereocenters. The van der Waals surface area contributed by atoms with Gasteiger partial charge in [-0.15, -0.1) is 0 Å². The number of hydrogen-bond acceptors (Lipinski definition) is 16. The number of benzene rings is 4. The Hall–Kier alpha value is -4.45. The van der Waals surface area contributed by atoms with Crippen LogP contribution in [0.2, 0.25) is 10.0 Å². The molecule has 10 rings (SSSR count). The SMILES string of the molecule is O=C([O-])CCC(=O)N1C(=O)Cc2cc(CCN3CCN(c4nsc5ccccc45)CC3)c(Cl)cc21.O=C([O-])CCC(=O)N1C(=O)Cc2cc(CCN3CCN(c4nsc5ccccc45)CC3)c(Cl)cc21.[Ba+2]. The summed E-state index contributed by atoms with van der Waals surface area (Å²) in [6.07, 6.45) is 0.279. The van der Waals surface area contributed by atoms with Crippen molar-refractivity contribution in [1.82, 2.24) is 18.5 Å². The van der Waals surface area contributed by atoms with Gasteiger partial charge in [0.2, 0.25) is 23.6 Å². The first-order valence-corrected chi connectivity index (χ1v) is 25.5. The topological polar surface area (TPSA) is 194 Å². The molecule has 0 N–H and O–H groups in total. The molecule has 0 atom stereocenters. The molecule has 4 amide bonds. The maximum atomic E-state index is 12.4. The Labute approximate surface area is 468 Å². The quantitative estimate of drug-likeness (QED) is 0.141. The number of aromatic nitrogens is 2. The van der Waals surface area contributed by atoms with E-state index >= 15 is 0 Å². The number of halogens is 2. The molecule has 2 saturated heterocycles. The summed E-state index contributed by atoms with van der Waals surface area (Å²) < 4.78 is 11.7. The number of hydrogen-bond donors (Lipinski definition) is 0. The van der Waals surface area contributed by atoms with Gasteiger partial charge in [-0.1, -0.05) is 59.6 Å². The minimum atomic E-state index is -1.32. The van der Waals surface area contributed by atoms with Crippen LogP contribution in [0.3, 0.4) is 0 Å². The zero-order valence-electron chi connectivity index (χ0n) is 38.8. The average molecular weight is 1160 g/mol. The Morgan fingerprint density at radius 3 is 1.31 bits per heavy atom. The number of carbonyl (C=O) groups excluding carboxylic acids is 6. The molecule has 0 saturated carbocycles. The fraction of sp³-hybridized carbons (Fsp3) is 0.360. The number of carboxylic acids is 2. The molecule has 0 spiro atoms. The monoisotopic (exact) mass is 1160 g/mol. The van der Waals surface area contributed by atoms with Crippen molar-refractivity contribution in [2.45, 2.75) is 51.4 Å². The normalized spacial score (nSPS) is 16.0. The van der Waals surface area contributed by atoms with E-state index in [9.17, 15) is 39.0 Å². The van der Waals surface area contributed by atoms with Crippen LogP contribution in [0.15, 0.2) is 72.8 Å². The Morgan fingerprint density at radius 2 is 0.930 bits per heavy atom. The molecule has 0 bridgehead atoms. The van der Waals surface area contributed by atoms with E-state index in [2.05, 4.69) is 52.6 Å². The van der Waals surface area contributed by atoms with Gasteiger partial charge >= 0.3 is 48.9 Å². The van der Waals surface area contributed by atoms with Crippen LogP contribution in [0.5, 0.6) is 0 Å². The van der Waals surface area contributed by atoms with Gasteiger partial charge in [0.1, 0.15) is 11.6 Å². The van der Waals surface area contributed by atoms with E-state index in [0.29, 0.717) is 21.4 Å². The van der Waals surface area contributed by atoms with E-state index in [-0.39, 0.29) is 86.4 Å². The molecule has 0 radical (unpaired) electrons. The zero-order chi connectivity index (χ0) is 49.1. The third kappa shape index (κ3) is 12.2. The van der Waals surface area contributed by atoms with Gasteiger partial charge < -0.3 is 29.6 Å². The van der Waals surface area contributed by atoms with E-state index in [1.54, 1.807) is 12.1 Å². The average Bonchev–Trinajstić information content (AvgIpc) is 4.14. The van der Waals surface area contributed by atoms with Crippen LogP contribution >= 0.6 is 46.3 Å². The molecule has 2 fully saturated rings. The second-order valence-corrected chi connectivity index (χ2v) is 20.1. The Morgan fingerprint density at radius 1 is 0.549 bits per heavy atom. The van der Waals surface area contributed by atoms with Crippen molar-refractivity contribution < 1.29 is 39.0 Å². The van der Waals surface area contributed by atoms with Gasteiger partial charge in [0, 0.05) is 111 Å². The second-order valence-electron chi connectivity index (χ2n) is 17.7. The predicted octanol–water partition coefficient (Wildman–Crippen LogP) is 4.14. The second kappa shape index (κ2) is 23.6. The van der Waals surface area contributed by atoms with E-state index < -0.39 is 36.6 Å². The molecular weight excluding hydrogens is 1110 g/mol. The first-order valence-electron chi connectivity index (χ1n) is 23.2. The van der Waals surface area contributed by atoms with Gasteiger partial charge in [0.25, 0.3) is 0 Å². The number of fused-ring (bicyclic) bond motifs is 4. The summed E-state index contributed by atoms with van der Waals surface area (Å²) in [5, 5.41) is 24.8. The van der Waals surface area contributed by atoms with Crippen molar-refractivity contribution in [2.24, 2.45) is 0 Å².